The molecule has 2 rings (SSSR count). The summed E-state index contributed by atoms with van der Waals surface area (Å²) in [4.78, 5) is 14.2. The summed E-state index contributed by atoms with van der Waals surface area (Å²) in [6, 6.07) is 7.69. The van der Waals surface area contributed by atoms with Crippen molar-refractivity contribution < 1.29 is 9.53 Å². The summed E-state index contributed by atoms with van der Waals surface area (Å²) in [7, 11) is 3.61. The Balaban J connectivity index is 1.91. The number of nitrogens with one attached hydrogen (secondary N) is 1. The van der Waals surface area contributed by atoms with Crippen LogP contribution >= 0.6 is 0 Å². The van der Waals surface area contributed by atoms with Gasteiger partial charge in [-0.2, -0.15) is 0 Å². The van der Waals surface area contributed by atoms with Gasteiger partial charge in [0.05, 0.1) is 7.11 Å². The van der Waals surface area contributed by atoms with Crippen LogP contribution in [0.5, 0.6) is 5.75 Å². The van der Waals surface area contributed by atoms with Gasteiger partial charge in [0.15, 0.2) is 0 Å². The molecule has 4 heteroatoms. The molecule has 1 unspecified atom stereocenters. The van der Waals surface area contributed by atoms with Crippen molar-refractivity contribution in [2.45, 2.75) is 12.8 Å². The first-order chi connectivity index (χ1) is 10.2. The summed E-state index contributed by atoms with van der Waals surface area (Å²) < 4.78 is 5.12. The van der Waals surface area contributed by atoms with Gasteiger partial charge in [-0.1, -0.05) is 12.1 Å². The molecule has 1 heterocycles. The Hall–Kier alpha value is -1.81. The van der Waals surface area contributed by atoms with E-state index in [9.17, 15) is 4.79 Å². The number of hydrogen-bond donors (Lipinski definition) is 1. The SMILES string of the molecule is CNCC1CCCN(C(=O)C=Cc2ccc(OC)cc2)C1. The first-order valence-electron chi connectivity index (χ1n) is 7.48. The van der Waals surface area contributed by atoms with Gasteiger partial charge >= 0.3 is 0 Å². The molecule has 1 aliphatic rings. The predicted molar refractivity (Wildman–Crippen MR) is 85.3 cm³/mol. The first-order valence-corrected chi connectivity index (χ1v) is 7.48. The van der Waals surface area contributed by atoms with E-state index in [4.69, 9.17) is 4.74 Å². The normalized spacial score (nSPS) is 19.0. The number of rotatable bonds is 5. The minimum absolute atomic E-state index is 0.103. The Kier molecular flexibility index (Phi) is 5.81. The average Bonchev–Trinajstić information content (AvgIpc) is 2.53. The van der Waals surface area contributed by atoms with E-state index in [1.54, 1.807) is 13.2 Å². The van der Waals surface area contributed by atoms with Gasteiger partial charge in [-0.05, 0) is 56.1 Å². The molecule has 4 nitrogen and oxygen atoms in total. The molecule has 1 atom stereocenters. The molecule has 1 aliphatic heterocycles. The van der Waals surface area contributed by atoms with Crippen LogP contribution in [-0.4, -0.2) is 44.6 Å². The van der Waals surface area contributed by atoms with Crippen LogP contribution in [0.25, 0.3) is 6.08 Å². The van der Waals surface area contributed by atoms with Crippen LogP contribution in [-0.2, 0) is 4.79 Å². The van der Waals surface area contributed by atoms with Crippen molar-refractivity contribution in [1.29, 1.82) is 0 Å². The van der Waals surface area contributed by atoms with Crippen molar-refractivity contribution in [3.05, 3.63) is 35.9 Å². The second-order valence-corrected chi connectivity index (χ2v) is 5.46. The van der Waals surface area contributed by atoms with E-state index >= 15 is 0 Å². The molecule has 1 amide bonds. The van der Waals surface area contributed by atoms with Gasteiger partial charge in [-0.3, -0.25) is 4.79 Å². The van der Waals surface area contributed by atoms with E-state index in [1.807, 2.05) is 42.3 Å². The zero-order valence-electron chi connectivity index (χ0n) is 12.8. The van der Waals surface area contributed by atoms with Crippen molar-refractivity contribution >= 4 is 12.0 Å². The average molecular weight is 288 g/mol. The lowest BCUT2D eigenvalue weighted by molar-refractivity contribution is -0.127. The number of carbonyl (C=O) groups is 1. The highest BCUT2D eigenvalue weighted by atomic mass is 16.5. The molecule has 0 aliphatic carbocycles. The standard InChI is InChI=1S/C17H24N2O2/c1-18-12-15-4-3-11-19(13-15)17(20)10-7-14-5-8-16(21-2)9-6-14/h5-10,15,18H,3-4,11-13H2,1-2H3. The van der Waals surface area contributed by atoms with Gasteiger partial charge in [0, 0.05) is 19.2 Å². The number of ether oxygens (including phenoxy) is 1. The van der Waals surface area contributed by atoms with Gasteiger partial charge in [0.1, 0.15) is 5.75 Å². The van der Waals surface area contributed by atoms with Gasteiger partial charge in [-0.25, -0.2) is 0 Å². The highest BCUT2D eigenvalue weighted by Crippen LogP contribution is 2.17. The van der Waals surface area contributed by atoms with E-state index in [0.717, 1.165) is 37.4 Å². The van der Waals surface area contributed by atoms with Gasteiger partial charge < -0.3 is 15.0 Å². The molecule has 0 bridgehead atoms. The number of nitrogens with zero attached hydrogens (tertiary/aromatic N) is 1. The van der Waals surface area contributed by atoms with Crippen molar-refractivity contribution in [1.82, 2.24) is 10.2 Å². The molecule has 0 radical (unpaired) electrons. The van der Waals surface area contributed by atoms with E-state index in [1.165, 1.54) is 6.42 Å². The van der Waals surface area contributed by atoms with Crippen LogP contribution in [0.3, 0.4) is 0 Å². The van der Waals surface area contributed by atoms with Crippen molar-refractivity contribution in [2.24, 2.45) is 5.92 Å². The maximum Gasteiger partial charge on any atom is 0.246 e. The van der Waals surface area contributed by atoms with Crippen LogP contribution in [0, 0.1) is 5.92 Å². The number of hydrogen-bond acceptors (Lipinski definition) is 3. The molecule has 114 valence electrons. The third-order valence-electron chi connectivity index (χ3n) is 3.86. The van der Waals surface area contributed by atoms with Crippen LogP contribution in [0.1, 0.15) is 18.4 Å². The third-order valence-corrected chi connectivity index (χ3v) is 3.86. The van der Waals surface area contributed by atoms with E-state index in [2.05, 4.69) is 5.32 Å². The van der Waals surface area contributed by atoms with Gasteiger partial charge in [-0.15, -0.1) is 0 Å². The molecule has 0 spiro atoms. The fraction of sp³-hybridized carbons (Fsp3) is 0.471. The van der Waals surface area contributed by atoms with Crippen LogP contribution in [0.2, 0.25) is 0 Å². The smallest absolute Gasteiger partial charge is 0.246 e. The highest BCUT2D eigenvalue weighted by molar-refractivity contribution is 5.91. The molecule has 0 saturated carbocycles. The Morgan fingerprint density at radius 3 is 2.86 bits per heavy atom. The second-order valence-electron chi connectivity index (χ2n) is 5.46. The van der Waals surface area contributed by atoms with Crippen molar-refractivity contribution in [2.75, 3.05) is 33.8 Å². The molecule has 1 fully saturated rings. The summed E-state index contributed by atoms with van der Waals surface area (Å²) in [5.41, 5.74) is 1.01. The fourth-order valence-electron chi connectivity index (χ4n) is 2.71. The van der Waals surface area contributed by atoms with Gasteiger partial charge in [0.2, 0.25) is 5.91 Å². The second kappa shape index (κ2) is 7.84. The molecule has 1 saturated heterocycles. The van der Waals surface area contributed by atoms with Crippen LogP contribution in [0.15, 0.2) is 30.3 Å². The number of piperidine rings is 1. The highest BCUT2D eigenvalue weighted by Gasteiger charge is 2.21. The van der Waals surface area contributed by atoms with Crippen LogP contribution < -0.4 is 10.1 Å². The summed E-state index contributed by atoms with van der Waals surface area (Å²) in [5.74, 6) is 1.50. The van der Waals surface area contributed by atoms with Crippen LogP contribution in [0.4, 0.5) is 0 Å². The molecule has 21 heavy (non-hydrogen) atoms. The topological polar surface area (TPSA) is 41.6 Å². The number of likely N-dealkylation sites (tertiary alicyclic amines) is 1. The van der Waals surface area contributed by atoms with Crippen molar-refractivity contribution in [3.8, 4) is 5.75 Å². The summed E-state index contributed by atoms with van der Waals surface area (Å²) >= 11 is 0. The lowest BCUT2D eigenvalue weighted by Crippen LogP contribution is -2.41. The predicted octanol–water partition coefficient (Wildman–Crippen LogP) is 2.17. The summed E-state index contributed by atoms with van der Waals surface area (Å²) in [6.07, 6.45) is 5.83. The minimum Gasteiger partial charge on any atom is -0.497 e. The van der Waals surface area contributed by atoms with Crippen molar-refractivity contribution in [3.63, 3.8) is 0 Å². The Bertz CT molecular complexity index is 480. The minimum atomic E-state index is 0.103. The maximum atomic E-state index is 12.2. The summed E-state index contributed by atoms with van der Waals surface area (Å²) in [5, 5.41) is 3.20. The monoisotopic (exact) mass is 288 g/mol. The first kappa shape index (κ1) is 15.6. The largest absolute Gasteiger partial charge is 0.497 e. The molecule has 1 aromatic carbocycles. The fourth-order valence-corrected chi connectivity index (χ4v) is 2.71. The third kappa shape index (κ3) is 4.60. The number of carbonyl (C=O) groups excluding carboxylic acids is 1. The Morgan fingerprint density at radius 2 is 2.19 bits per heavy atom. The van der Waals surface area contributed by atoms with E-state index in [0.29, 0.717) is 5.92 Å². The lowest BCUT2D eigenvalue weighted by Gasteiger charge is -2.32. The van der Waals surface area contributed by atoms with E-state index in [-0.39, 0.29) is 5.91 Å². The molecular formula is C17H24N2O2. The van der Waals surface area contributed by atoms with E-state index < -0.39 is 0 Å². The molecule has 1 N–H and O–H groups in total. The number of benzene rings is 1. The maximum absolute atomic E-state index is 12.2. The lowest BCUT2D eigenvalue weighted by atomic mass is 9.98. The zero-order chi connectivity index (χ0) is 15.1. The Morgan fingerprint density at radius 1 is 1.43 bits per heavy atom. The Labute approximate surface area is 126 Å². The molecule has 1 aromatic rings. The molecule has 0 aromatic heterocycles. The zero-order valence-corrected chi connectivity index (χ0v) is 12.8. The quantitative estimate of drug-likeness (QED) is 0.844. The number of methoxy groups -OCH3 is 1. The number of amides is 1. The molecular weight excluding hydrogens is 264 g/mol. The van der Waals surface area contributed by atoms with Gasteiger partial charge in [0.25, 0.3) is 0 Å². The summed E-state index contributed by atoms with van der Waals surface area (Å²) in [6.45, 7) is 2.70.